The Balaban J connectivity index is 2.30. The Bertz CT molecular complexity index is 671. The van der Waals surface area contributed by atoms with Gasteiger partial charge in [0, 0.05) is 25.3 Å². The minimum absolute atomic E-state index is 0.308. The maximum Gasteiger partial charge on any atom is 0.342 e. The van der Waals surface area contributed by atoms with Gasteiger partial charge in [-0.2, -0.15) is 0 Å². The highest BCUT2D eigenvalue weighted by atomic mass is 16.6. The fraction of sp³-hybridized carbons (Fsp3) is 0.133. The number of hydrogen-bond acceptors (Lipinski definition) is 4. The SMILES string of the molecule is CN(Cc1ccccc1)c1ccc(C(=O)O)c([N+](=O)[O-])c1. The van der Waals surface area contributed by atoms with Crippen LogP contribution in [0.4, 0.5) is 11.4 Å². The number of nitrogens with zero attached hydrogens (tertiary/aromatic N) is 2. The molecule has 0 saturated heterocycles. The van der Waals surface area contributed by atoms with Crippen LogP contribution < -0.4 is 4.90 Å². The van der Waals surface area contributed by atoms with Crippen LogP contribution in [0.5, 0.6) is 0 Å². The van der Waals surface area contributed by atoms with Gasteiger partial charge < -0.3 is 10.0 Å². The molecule has 6 heteroatoms. The maximum absolute atomic E-state index is 11.0. The molecule has 0 bridgehead atoms. The first-order valence-electron chi connectivity index (χ1n) is 6.26. The Labute approximate surface area is 121 Å². The van der Waals surface area contributed by atoms with Gasteiger partial charge in [-0.1, -0.05) is 30.3 Å². The molecule has 2 rings (SSSR count). The van der Waals surface area contributed by atoms with Crippen molar-refractivity contribution in [3.05, 3.63) is 69.8 Å². The molecule has 0 unspecified atom stereocenters. The van der Waals surface area contributed by atoms with Crippen molar-refractivity contribution in [1.82, 2.24) is 0 Å². The predicted octanol–water partition coefficient (Wildman–Crippen LogP) is 2.93. The van der Waals surface area contributed by atoms with Gasteiger partial charge >= 0.3 is 5.97 Å². The van der Waals surface area contributed by atoms with Crippen molar-refractivity contribution in [3.8, 4) is 0 Å². The average molecular weight is 286 g/mol. The van der Waals surface area contributed by atoms with Crippen LogP contribution in [0.15, 0.2) is 48.5 Å². The van der Waals surface area contributed by atoms with Crippen LogP contribution >= 0.6 is 0 Å². The summed E-state index contributed by atoms with van der Waals surface area (Å²) in [6.45, 7) is 0.574. The van der Waals surface area contributed by atoms with E-state index in [1.54, 1.807) is 13.1 Å². The van der Waals surface area contributed by atoms with Crippen molar-refractivity contribution in [3.63, 3.8) is 0 Å². The molecule has 1 N–H and O–H groups in total. The van der Waals surface area contributed by atoms with Crippen molar-refractivity contribution in [1.29, 1.82) is 0 Å². The highest BCUT2D eigenvalue weighted by Crippen LogP contribution is 2.26. The third kappa shape index (κ3) is 3.36. The average Bonchev–Trinajstić information content (AvgIpc) is 2.47. The Morgan fingerprint density at radius 3 is 2.48 bits per heavy atom. The van der Waals surface area contributed by atoms with Gasteiger partial charge in [0.05, 0.1) is 4.92 Å². The van der Waals surface area contributed by atoms with E-state index in [0.29, 0.717) is 12.2 Å². The van der Waals surface area contributed by atoms with E-state index in [0.717, 1.165) is 5.56 Å². The topological polar surface area (TPSA) is 83.7 Å². The van der Waals surface area contributed by atoms with Crippen LogP contribution in [0.3, 0.4) is 0 Å². The number of carboxylic acids is 1. The van der Waals surface area contributed by atoms with Gasteiger partial charge in [0.25, 0.3) is 5.69 Å². The number of hydrogen-bond donors (Lipinski definition) is 1. The Kier molecular flexibility index (Phi) is 4.18. The normalized spacial score (nSPS) is 10.1. The van der Waals surface area contributed by atoms with E-state index in [2.05, 4.69) is 0 Å². The molecule has 0 aliphatic rings. The fourth-order valence-electron chi connectivity index (χ4n) is 2.04. The minimum atomic E-state index is -1.31. The summed E-state index contributed by atoms with van der Waals surface area (Å²) in [6, 6.07) is 13.8. The Hall–Kier alpha value is -2.89. The molecule has 6 nitrogen and oxygen atoms in total. The monoisotopic (exact) mass is 286 g/mol. The van der Waals surface area contributed by atoms with Crippen LogP contribution in [-0.2, 0) is 6.54 Å². The Morgan fingerprint density at radius 2 is 1.90 bits per heavy atom. The minimum Gasteiger partial charge on any atom is -0.477 e. The molecule has 108 valence electrons. The molecule has 0 aliphatic carbocycles. The second-order valence-electron chi connectivity index (χ2n) is 4.61. The molecule has 0 aliphatic heterocycles. The summed E-state index contributed by atoms with van der Waals surface area (Å²) in [6.07, 6.45) is 0. The van der Waals surface area contributed by atoms with E-state index in [4.69, 9.17) is 5.11 Å². The number of anilines is 1. The lowest BCUT2D eigenvalue weighted by Crippen LogP contribution is -2.17. The number of rotatable bonds is 5. The van der Waals surface area contributed by atoms with E-state index in [9.17, 15) is 14.9 Å². The third-order valence-electron chi connectivity index (χ3n) is 3.11. The van der Waals surface area contributed by atoms with Crippen molar-refractivity contribution < 1.29 is 14.8 Å². The molecule has 0 saturated carbocycles. The number of nitro groups is 1. The fourth-order valence-corrected chi connectivity index (χ4v) is 2.04. The van der Waals surface area contributed by atoms with Crippen LogP contribution in [0.1, 0.15) is 15.9 Å². The first-order valence-corrected chi connectivity index (χ1v) is 6.26. The number of carboxylic acid groups (broad SMARTS) is 1. The van der Waals surface area contributed by atoms with Crippen molar-refractivity contribution in [2.45, 2.75) is 6.54 Å². The zero-order valence-electron chi connectivity index (χ0n) is 11.4. The quantitative estimate of drug-likeness (QED) is 0.675. The van der Waals surface area contributed by atoms with Crippen molar-refractivity contribution >= 4 is 17.3 Å². The summed E-state index contributed by atoms with van der Waals surface area (Å²) in [4.78, 5) is 23.1. The van der Waals surface area contributed by atoms with Crippen LogP contribution in [0.2, 0.25) is 0 Å². The summed E-state index contributed by atoms with van der Waals surface area (Å²) in [5, 5.41) is 19.9. The van der Waals surface area contributed by atoms with Gasteiger partial charge in [-0.05, 0) is 17.7 Å². The number of carbonyl (C=O) groups is 1. The van der Waals surface area contributed by atoms with Crippen molar-refractivity contribution in [2.75, 3.05) is 11.9 Å². The molecule has 0 radical (unpaired) electrons. The van der Waals surface area contributed by atoms with Crippen molar-refractivity contribution in [2.24, 2.45) is 0 Å². The summed E-state index contributed by atoms with van der Waals surface area (Å²) in [5.41, 5.74) is 0.942. The summed E-state index contributed by atoms with van der Waals surface area (Å²) in [5.74, 6) is -1.31. The smallest absolute Gasteiger partial charge is 0.342 e. The molecule has 2 aromatic carbocycles. The molecule has 0 aromatic heterocycles. The highest BCUT2D eigenvalue weighted by molar-refractivity contribution is 5.93. The van der Waals surface area contributed by atoms with Gasteiger partial charge in [0.15, 0.2) is 0 Å². The second kappa shape index (κ2) is 6.04. The molecule has 0 heterocycles. The lowest BCUT2D eigenvalue weighted by atomic mass is 10.1. The second-order valence-corrected chi connectivity index (χ2v) is 4.61. The molecular formula is C15H14N2O4. The largest absolute Gasteiger partial charge is 0.477 e. The van der Waals surface area contributed by atoms with E-state index in [1.807, 2.05) is 35.2 Å². The standard InChI is InChI=1S/C15H14N2O4/c1-16(10-11-5-3-2-4-6-11)12-7-8-13(15(18)19)14(9-12)17(20)21/h2-9H,10H2,1H3,(H,18,19). The van der Waals surface area contributed by atoms with Gasteiger partial charge in [-0.3, -0.25) is 10.1 Å². The lowest BCUT2D eigenvalue weighted by molar-refractivity contribution is -0.385. The molecule has 21 heavy (non-hydrogen) atoms. The van der Waals surface area contributed by atoms with E-state index < -0.39 is 16.6 Å². The lowest BCUT2D eigenvalue weighted by Gasteiger charge is -2.19. The zero-order chi connectivity index (χ0) is 15.4. The predicted molar refractivity (Wildman–Crippen MR) is 78.6 cm³/mol. The van der Waals surface area contributed by atoms with E-state index in [1.165, 1.54) is 12.1 Å². The van der Waals surface area contributed by atoms with E-state index in [-0.39, 0.29) is 5.56 Å². The first-order chi connectivity index (χ1) is 9.99. The number of benzene rings is 2. The van der Waals surface area contributed by atoms with E-state index >= 15 is 0 Å². The molecule has 0 atom stereocenters. The third-order valence-corrected chi connectivity index (χ3v) is 3.11. The highest BCUT2D eigenvalue weighted by Gasteiger charge is 2.20. The summed E-state index contributed by atoms with van der Waals surface area (Å²) >= 11 is 0. The van der Waals surface area contributed by atoms with Crippen LogP contribution in [0.25, 0.3) is 0 Å². The Morgan fingerprint density at radius 1 is 1.24 bits per heavy atom. The molecule has 0 amide bonds. The molecule has 2 aromatic rings. The number of nitro benzene ring substituents is 1. The molecule has 0 fully saturated rings. The van der Waals surface area contributed by atoms with Gasteiger partial charge in [0.1, 0.15) is 5.56 Å². The molecule has 0 spiro atoms. The zero-order valence-corrected chi connectivity index (χ0v) is 11.4. The summed E-state index contributed by atoms with van der Waals surface area (Å²) < 4.78 is 0. The van der Waals surface area contributed by atoms with Gasteiger partial charge in [-0.15, -0.1) is 0 Å². The van der Waals surface area contributed by atoms with Crippen LogP contribution in [-0.4, -0.2) is 23.0 Å². The number of aromatic carboxylic acids is 1. The molecular weight excluding hydrogens is 272 g/mol. The van der Waals surface area contributed by atoms with Crippen LogP contribution in [0, 0.1) is 10.1 Å². The van der Waals surface area contributed by atoms with Gasteiger partial charge in [0.2, 0.25) is 0 Å². The maximum atomic E-state index is 11.0. The first kappa shape index (κ1) is 14.5. The van der Waals surface area contributed by atoms with Gasteiger partial charge in [-0.25, -0.2) is 4.79 Å². The summed E-state index contributed by atoms with van der Waals surface area (Å²) in [7, 11) is 1.80.